The van der Waals surface area contributed by atoms with Crippen molar-refractivity contribution in [2.24, 2.45) is 5.92 Å². The van der Waals surface area contributed by atoms with Crippen LogP contribution in [0.4, 0.5) is 5.82 Å². The molecule has 0 unspecified atom stereocenters. The summed E-state index contributed by atoms with van der Waals surface area (Å²) in [5.41, 5.74) is 1.42. The monoisotopic (exact) mass is 246 g/mol. The highest BCUT2D eigenvalue weighted by atomic mass is 16.2. The smallest absolute Gasteiger partial charge is 0.223 e. The number of hydrogen-bond donors (Lipinski definition) is 3. The standard InChI is InChI=1S/C11H14N6O/c18-11(7-1-2-7)13-4-3-12-9-8-10(15-5-14-8)17-6-16-9/h5-7H,1-4H2,(H,13,18)(H2,12,14,15,16,17). The van der Waals surface area contributed by atoms with E-state index in [2.05, 4.69) is 30.6 Å². The molecule has 0 bridgehead atoms. The van der Waals surface area contributed by atoms with Gasteiger partial charge in [-0.1, -0.05) is 0 Å². The molecule has 94 valence electrons. The number of hydrogen-bond acceptors (Lipinski definition) is 5. The van der Waals surface area contributed by atoms with Gasteiger partial charge in [0.25, 0.3) is 0 Å². The molecule has 1 fully saturated rings. The third-order valence-corrected chi connectivity index (χ3v) is 2.89. The molecule has 1 saturated carbocycles. The van der Waals surface area contributed by atoms with Gasteiger partial charge in [0, 0.05) is 19.0 Å². The van der Waals surface area contributed by atoms with Crippen molar-refractivity contribution < 1.29 is 4.79 Å². The lowest BCUT2D eigenvalue weighted by molar-refractivity contribution is -0.122. The summed E-state index contributed by atoms with van der Waals surface area (Å²) in [5.74, 6) is 1.12. The molecule has 3 rings (SSSR count). The van der Waals surface area contributed by atoms with Crippen LogP contribution in [0.2, 0.25) is 0 Å². The number of amides is 1. The minimum atomic E-state index is 0.158. The summed E-state index contributed by atoms with van der Waals surface area (Å²) in [6, 6.07) is 0. The van der Waals surface area contributed by atoms with E-state index in [4.69, 9.17) is 0 Å². The molecule has 2 heterocycles. The summed E-state index contributed by atoms with van der Waals surface area (Å²) < 4.78 is 0. The van der Waals surface area contributed by atoms with E-state index in [1.165, 1.54) is 6.33 Å². The van der Waals surface area contributed by atoms with Crippen molar-refractivity contribution in [3.8, 4) is 0 Å². The first-order chi connectivity index (χ1) is 8.84. The van der Waals surface area contributed by atoms with Gasteiger partial charge in [0.1, 0.15) is 11.8 Å². The van der Waals surface area contributed by atoms with Crippen LogP contribution >= 0.6 is 0 Å². The lowest BCUT2D eigenvalue weighted by Gasteiger charge is -2.07. The van der Waals surface area contributed by atoms with E-state index >= 15 is 0 Å². The summed E-state index contributed by atoms with van der Waals surface area (Å²) in [6.07, 6.45) is 5.10. The number of aromatic amines is 1. The quantitative estimate of drug-likeness (QED) is 0.659. The maximum absolute atomic E-state index is 11.4. The molecule has 0 saturated heterocycles. The summed E-state index contributed by atoms with van der Waals surface area (Å²) in [7, 11) is 0. The Hall–Kier alpha value is -2.18. The first kappa shape index (κ1) is 10.9. The second-order valence-corrected chi connectivity index (χ2v) is 4.32. The van der Waals surface area contributed by atoms with Crippen LogP contribution in [-0.2, 0) is 4.79 Å². The molecule has 1 aliphatic carbocycles. The second kappa shape index (κ2) is 4.59. The molecule has 7 heteroatoms. The Morgan fingerprint density at radius 3 is 3.06 bits per heavy atom. The van der Waals surface area contributed by atoms with E-state index in [1.54, 1.807) is 6.33 Å². The van der Waals surface area contributed by atoms with Crippen molar-refractivity contribution >= 4 is 22.9 Å². The van der Waals surface area contributed by atoms with E-state index in [9.17, 15) is 4.79 Å². The van der Waals surface area contributed by atoms with E-state index in [0.717, 1.165) is 18.4 Å². The molecule has 0 aliphatic heterocycles. The van der Waals surface area contributed by atoms with Crippen molar-refractivity contribution in [3.05, 3.63) is 12.7 Å². The zero-order valence-electron chi connectivity index (χ0n) is 9.81. The van der Waals surface area contributed by atoms with E-state index < -0.39 is 0 Å². The highest BCUT2D eigenvalue weighted by Crippen LogP contribution is 2.28. The van der Waals surface area contributed by atoms with Crippen molar-refractivity contribution in [1.82, 2.24) is 25.3 Å². The molecule has 1 amide bonds. The zero-order valence-corrected chi connectivity index (χ0v) is 9.81. The van der Waals surface area contributed by atoms with Crippen molar-refractivity contribution in [2.45, 2.75) is 12.8 Å². The highest BCUT2D eigenvalue weighted by molar-refractivity contribution is 5.82. The van der Waals surface area contributed by atoms with Gasteiger partial charge in [0.05, 0.1) is 6.33 Å². The predicted molar refractivity (Wildman–Crippen MR) is 65.9 cm³/mol. The van der Waals surface area contributed by atoms with Crippen molar-refractivity contribution in [3.63, 3.8) is 0 Å². The van der Waals surface area contributed by atoms with Gasteiger partial charge in [-0.2, -0.15) is 0 Å². The fourth-order valence-electron chi connectivity index (χ4n) is 1.76. The maximum atomic E-state index is 11.4. The number of aromatic nitrogens is 4. The number of carbonyl (C=O) groups is 1. The minimum Gasteiger partial charge on any atom is -0.366 e. The summed E-state index contributed by atoms with van der Waals surface area (Å²) in [4.78, 5) is 26.6. The molecular weight excluding hydrogens is 232 g/mol. The lowest BCUT2D eigenvalue weighted by Crippen LogP contribution is -2.30. The molecule has 7 nitrogen and oxygen atoms in total. The first-order valence-corrected chi connectivity index (χ1v) is 6.00. The van der Waals surface area contributed by atoms with Crippen LogP contribution in [0.25, 0.3) is 11.2 Å². The average Bonchev–Trinajstić information content (AvgIpc) is 3.12. The fraction of sp³-hybridized carbons (Fsp3) is 0.455. The SMILES string of the molecule is O=C(NCCNc1ncnc2nc[nH]c12)C1CC1. The molecule has 2 aromatic heterocycles. The van der Waals surface area contributed by atoms with Crippen LogP contribution < -0.4 is 10.6 Å². The molecule has 2 aromatic rings. The van der Waals surface area contributed by atoms with Crippen LogP contribution in [0, 0.1) is 5.92 Å². The topological polar surface area (TPSA) is 95.6 Å². The number of nitrogens with one attached hydrogen (secondary N) is 3. The number of anilines is 1. The minimum absolute atomic E-state index is 0.158. The normalized spacial score (nSPS) is 14.7. The Morgan fingerprint density at radius 1 is 1.33 bits per heavy atom. The molecule has 18 heavy (non-hydrogen) atoms. The molecule has 0 spiro atoms. The molecule has 1 aliphatic rings. The molecule has 0 aromatic carbocycles. The summed E-state index contributed by atoms with van der Waals surface area (Å²) in [6.45, 7) is 1.22. The number of rotatable bonds is 5. The number of H-pyrrole nitrogens is 1. The largest absolute Gasteiger partial charge is 0.366 e. The Bertz CT molecular complexity index is 561. The number of fused-ring (bicyclic) bond motifs is 1. The van der Waals surface area contributed by atoms with Gasteiger partial charge in [0.15, 0.2) is 11.5 Å². The van der Waals surface area contributed by atoms with Crippen LogP contribution in [0.1, 0.15) is 12.8 Å². The van der Waals surface area contributed by atoms with E-state index in [1.807, 2.05) is 0 Å². The van der Waals surface area contributed by atoms with E-state index in [-0.39, 0.29) is 11.8 Å². The Morgan fingerprint density at radius 2 is 2.22 bits per heavy atom. The highest BCUT2D eigenvalue weighted by Gasteiger charge is 2.28. The van der Waals surface area contributed by atoms with Gasteiger partial charge in [-0.25, -0.2) is 15.0 Å². The van der Waals surface area contributed by atoms with Gasteiger partial charge in [-0.15, -0.1) is 0 Å². The van der Waals surface area contributed by atoms with Gasteiger partial charge < -0.3 is 15.6 Å². The Balaban J connectivity index is 1.53. The number of nitrogens with zero attached hydrogens (tertiary/aromatic N) is 3. The fourth-order valence-corrected chi connectivity index (χ4v) is 1.76. The first-order valence-electron chi connectivity index (χ1n) is 6.00. The summed E-state index contributed by atoms with van der Waals surface area (Å²) >= 11 is 0. The van der Waals surface area contributed by atoms with Crippen molar-refractivity contribution in [2.75, 3.05) is 18.4 Å². The van der Waals surface area contributed by atoms with Gasteiger partial charge in [-0.3, -0.25) is 4.79 Å². The molecule has 0 atom stereocenters. The molecular formula is C11H14N6O. The molecule has 3 N–H and O–H groups in total. The number of imidazole rings is 1. The van der Waals surface area contributed by atoms with Crippen LogP contribution in [0.5, 0.6) is 0 Å². The van der Waals surface area contributed by atoms with Crippen molar-refractivity contribution in [1.29, 1.82) is 0 Å². The maximum Gasteiger partial charge on any atom is 0.223 e. The van der Waals surface area contributed by atoms with Gasteiger partial charge >= 0.3 is 0 Å². The van der Waals surface area contributed by atoms with Crippen LogP contribution in [-0.4, -0.2) is 38.9 Å². The summed E-state index contributed by atoms with van der Waals surface area (Å²) in [5, 5.41) is 6.04. The van der Waals surface area contributed by atoms with E-state index in [0.29, 0.717) is 24.6 Å². The second-order valence-electron chi connectivity index (χ2n) is 4.32. The Labute approximate surface area is 103 Å². The third-order valence-electron chi connectivity index (χ3n) is 2.89. The van der Waals surface area contributed by atoms with Gasteiger partial charge in [0.2, 0.25) is 5.91 Å². The molecule has 0 radical (unpaired) electrons. The Kier molecular flexibility index (Phi) is 2.79. The van der Waals surface area contributed by atoms with Crippen LogP contribution in [0.3, 0.4) is 0 Å². The van der Waals surface area contributed by atoms with Gasteiger partial charge in [-0.05, 0) is 12.8 Å². The average molecular weight is 246 g/mol. The predicted octanol–water partition coefficient (Wildman–Crippen LogP) is 0.291. The lowest BCUT2D eigenvalue weighted by atomic mass is 10.4. The number of carbonyl (C=O) groups excluding carboxylic acids is 1. The van der Waals surface area contributed by atoms with Crippen LogP contribution in [0.15, 0.2) is 12.7 Å². The third kappa shape index (κ3) is 2.24. The zero-order chi connectivity index (χ0) is 12.4.